The maximum absolute atomic E-state index is 6.34. The van der Waals surface area contributed by atoms with Gasteiger partial charge in [-0.25, -0.2) is 0 Å². The van der Waals surface area contributed by atoms with Gasteiger partial charge in [-0.3, -0.25) is 0 Å². The number of nitrogens with zero attached hydrogens (tertiary/aromatic N) is 4. The van der Waals surface area contributed by atoms with E-state index in [2.05, 4.69) is 55.2 Å². The number of thioether (sulfide) groups is 1. The van der Waals surface area contributed by atoms with Crippen LogP contribution >= 0.6 is 23.4 Å². The van der Waals surface area contributed by atoms with Gasteiger partial charge in [-0.2, -0.15) is 9.78 Å². The Kier molecular flexibility index (Phi) is 4.37. The highest BCUT2D eigenvalue weighted by atomic mass is 35.5. The van der Waals surface area contributed by atoms with Crippen molar-refractivity contribution in [3.05, 3.63) is 64.7 Å². The van der Waals surface area contributed by atoms with Crippen LogP contribution in [0.1, 0.15) is 31.9 Å². The van der Waals surface area contributed by atoms with Gasteiger partial charge in [0.1, 0.15) is 0 Å². The summed E-state index contributed by atoms with van der Waals surface area (Å²) in [5, 5.41) is 14.9. The van der Waals surface area contributed by atoms with Gasteiger partial charge in [0.2, 0.25) is 5.16 Å². The second-order valence-corrected chi connectivity index (χ2v) is 8.61. The third-order valence-corrected chi connectivity index (χ3v) is 5.62. The molecule has 0 radical (unpaired) electrons. The summed E-state index contributed by atoms with van der Waals surface area (Å²) in [5.74, 6) is 1.47. The summed E-state index contributed by atoms with van der Waals surface area (Å²) in [6.45, 7) is 6.62. The highest BCUT2D eigenvalue weighted by Gasteiger charge is 2.22. The molecule has 2 aromatic carbocycles. The van der Waals surface area contributed by atoms with Crippen molar-refractivity contribution in [2.24, 2.45) is 5.10 Å². The van der Waals surface area contributed by atoms with Crippen LogP contribution in [0.4, 0.5) is 0 Å². The molecular formula is C20H19ClN4S. The standard InChI is InChI=1S/C20H19ClN4S/c1-20(2,3)14-10-8-13(9-11-14)18-22-23-19-25(18)24-17(12-26-19)15-6-4-5-7-16(15)21/h4-11H,12H2,1-3H3. The molecule has 1 aliphatic rings. The predicted octanol–water partition coefficient (Wildman–Crippen LogP) is 5.25. The maximum Gasteiger partial charge on any atom is 0.212 e. The van der Waals surface area contributed by atoms with Crippen molar-refractivity contribution in [1.82, 2.24) is 14.9 Å². The molecule has 1 aliphatic heterocycles. The van der Waals surface area contributed by atoms with Crippen molar-refractivity contribution in [2.45, 2.75) is 31.3 Å². The van der Waals surface area contributed by atoms with Gasteiger partial charge in [-0.15, -0.1) is 10.2 Å². The summed E-state index contributed by atoms with van der Waals surface area (Å²) in [6.07, 6.45) is 0. The Morgan fingerprint density at radius 2 is 1.73 bits per heavy atom. The van der Waals surface area contributed by atoms with E-state index in [4.69, 9.17) is 16.7 Å². The minimum absolute atomic E-state index is 0.119. The normalized spacial score (nSPS) is 14.1. The predicted molar refractivity (Wildman–Crippen MR) is 108 cm³/mol. The third kappa shape index (κ3) is 3.17. The molecule has 0 spiro atoms. The molecule has 0 saturated heterocycles. The summed E-state index contributed by atoms with van der Waals surface area (Å²) >= 11 is 7.97. The molecule has 0 aliphatic carbocycles. The van der Waals surface area contributed by atoms with Crippen LogP contribution in [0.25, 0.3) is 11.4 Å². The van der Waals surface area contributed by atoms with Crippen molar-refractivity contribution in [1.29, 1.82) is 0 Å². The Labute approximate surface area is 162 Å². The fraction of sp³-hybridized carbons (Fsp3) is 0.250. The van der Waals surface area contributed by atoms with E-state index in [-0.39, 0.29) is 5.41 Å². The van der Waals surface area contributed by atoms with Gasteiger partial charge in [0.25, 0.3) is 0 Å². The Morgan fingerprint density at radius 3 is 2.42 bits per heavy atom. The molecule has 0 fully saturated rings. The largest absolute Gasteiger partial charge is 0.212 e. The lowest BCUT2D eigenvalue weighted by Gasteiger charge is -2.19. The number of halogens is 1. The molecule has 132 valence electrons. The van der Waals surface area contributed by atoms with Gasteiger partial charge in [-0.05, 0) is 17.0 Å². The first-order valence-electron chi connectivity index (χ1n) is 8.45. The molecule has 4 rings (SSSR count). The zero-order valence-corrected chi connectivity index (χ0v) is 16.5. The zero-order valence-electron chi connectivity index (χ0n) is 14.9. The molecule has 0 N–H and O–H groups in total. The summed E-state index contributed by atoms with van der Waals surface area (Å²) in [7, 11) is 0. The first kappa shape index (κ1) is 17.3. The van der Waals surface area contributed by atoms with E-state index in [1.807, 2.05) is 28.9 Å². The number of aromatic nitrogens is 3. The first-order valence-corrected chi connectivity index (χ1v) is 9.82. The number of rotatable bonds is 2. The van der Waals surface area contributed by atoms with Crippen molar-refractivity contribution < 1.29 is 0 Å². The quantitative estimate of drug-likeness (QED) is 0.607. The molecule has 0 unspecified atom stereocenters. The number of hydrogen-bond acceptors (Lipinski definition) is 4. The first-order chi connectivity index (χ1) is 12.4. The molecule has 0 atom stereocenters. The smallest absolute Gasteiger partial charge is 0.187 e. The second kappa shape index (κ2) is 6.56. The van der Waals surface area contributed by atoms with Gasteiger partial charge in [0, 0.05) is 21.9 Å². The van der Waals surface area contributed by atoms with E-state index in [0.29, 0.717) is 5.02 Å². The lowest BCUT2D eigenvalue weighted by molar-refractivity contribution is 0.590. The highest BCUT2D eigenvalue weighted by Crippen LogP contribution is 2.31. The molecule has 4 nitrogen and oxygen atoms in total. The van der Waals surface area contributed by atoms with Crippen LogP contribution in [0, 0.1) is 0 Å². The minimum Gasteiger partial charge on any atom is -0.187 e. The Balaban J connectivity index is 1.75. The Hall–Kier alpha value is -2.11. The van der Waals surface area contributed by atoms with Crippen LogP contribution in [-0.2, 0) is 5.41 Å². The molecule has 1 aromatic heterocycles. The Morgan fingerprint density at radius 1 is 1.00 bits per heavy atom. The number of benzene rings is 2. The number of hydrogen-bond donors (Lipinski definition) is 0. The minimum atomic E-state index is 0.119. The number of fused-ring (bicyclic) bond motifs is 1. The van der Waals surface area contributed by atoms with Crippen LogP contribution in [0.2, 0.25) is 5.02 Å². The molecular weight excluding hydrogens is 364 g/mol. The van der Waals surface area contributed by atoms with Gasteiger partial charge < -0.3 is 0 Å². The second-order valence-electron chi connectivity index (χ2n) is 7.26. The van der Waals surface area contributed by atoms with Gasteiger partial charge in [0.05, 0.1) is 5.71 Å². The van der Waals surface area contributed by atoms with E-state index in [0.717, 1.165) is 33.6 Å². The van der Waals surface area contributed by atoms with Crippen LogP contribution in [0.15, 0.2) is 58.8 Å². The van der Waals surface area contributed by atoms with E-state index in [9.17, 15) is 0 Å². The van der Waals surface area contributed by atoms with Crippen LogP contribution in [0.5, 0.6) is 0 Å². The lowest BCUT2D eigenvalue weighted by atomic mass is 9.87. The highest BCUT2D eigenvalue weighted by molar-refractivity contribution is 7.99. The lowest BCUT2D eigenvalue weighted by Crippen LogP contribution is -2.14. The van der Waals surface area contributed by atoms with E-state index >= 15 is 0 Å². The summed E-state index contributed by atoms with van der Waals surface area (Å²) in [5.41, 5.74) is 4.29. The van der Waals surface area contributed by atoms with Gasteiger partial charge in [0.15, 0.2) is 5.82 Å². The van der Waals surface area contributed by atoms with Crippen molar-refractivity contribution >= 4 is 29.1 Å². The molecule has 0 saturated carbocycles. The monoisotopic (exact) mass is 382 g/mol. The SMILES string of the molecule is CC(C)(C)c1ccc(-c2nnc3n2N=C(c2ccccc2Cl)CS3)cc1. The summed E-state index contributed by atoms with van der Waals surface area (Å²) < 4.78 is 1.82. The Bertz CT molecular complexity index is 984. The van der Waals surface area contributed by atoms with Crippen LogP contribution < -0.4 is 0 Å². The molecule has 3 aromatic rings. The maximum atomic E-state index is 6.34. The topological polar surface area (TPSA) is 43.1 Å². The van der Waals surface area contributed by atoms with Gasteiger partial charge >= 0.3 is 0 Å². The van der Waals surface area contributed by atoms with Crippen molar-refractivity contribution in [2.75, 3.05) is 5.75 Å². The average molecular weight is 383 g/mol. The summed E-state index contributed by atoms with van der Waals surface area (Å²) in [6, 6.07) is 16.2. The van der Waals surface area contributed by atoms with Crippen LogP contribution in [-0.4, -0.2) is 26.3 Å². The summed E-state index contributed by atoms with van der Waals surface area (Å²) in [4.78, 5) is 0. The molecule has 26 heavy (non-hydrogen) atoms. The average Bonchev–Trinajstić information content (AvgIpc) is 3.04. The molecule has 2 heterocycles. The fourth-order valence-electron chi connectivity index (χ4n) is 2.85. The molecule has 0 bridgehead atoms. The van der Waals surface area contributed by atoms with E-state index < -0.39 is 0 Å². The van der Waals surface area contributed by atoms with E-state index in [1.165, 1.54) is 5.56 Å². The molecule has 0 amide bonds. The van der Waals surface area contributed by atoms with Gasteiger partial charge in [-0.1, -0.05) is 86.6 Å². The zero-order chi connectivity index (χ0) is 18.3. The van der Waals surface area contributed by atoms with Crippen LogP contribution in [0.3, 0.4) is 0 Å². The van der Waals surface area contributed by atoms with Crippen molar-refractivity contribution in [3.63, 3.8) is 0 Å². The molecule has 6 heteroatoms. The third-order valence-electron chi connectivity index (χ3n) is 4.36. The van der Waals surface area contributed by atoms with Crippen molar-refractivity contribution in [3.8, 4) is 11.4 Å². The van der Waals surface area contributed by atoms with E-state index in [1.54, 1.807) is 11.8 Å². The fourth-order valence-corrected chi connectivity index (χ4v) is 3.93.